The lowest BCUT2D eigenvalue weighted by Crippen LogP contribution is -2.05. The molecule has 0 atom stereocenters. The predicted octanol–water partition coefficient (Wildman–Crippen LogP) is 2.59. The van der Waals surface area contributed by atoms with E-state index in [0.717, 1.165) is 22.4 Å². The number of para-hydroxylation sites is 1. The summed E-state index contributed by atoms with van der Waals surface area (Å²) in [5.41, 5.74) is 9.47. The number of fused-ring (bicyclic) bond motifs is 1. The number of thiazole rings is 1. The zero-order valence-corrected chi connectivity index (χ0v) is 11.2. The average Bonchev–Trinajstić information content (AvgIpc) is 2.81. The van der Waals surface area contributed by atoms with Crippen molar-refractivity contribution in [2.75, 3.05) is 11.1 Å². The van der Waals surface area contributed by atoms with E-state index in [1.165, 1.54) is 4.88 Å². The lowest BCUT2D eigenvalue weighted by molar-refractivity contribution is 1.10. The Hall–Kier alpha value is -2.21. The van der Waals surface area contributed by atoms with Gasteiger partial charge in [-0.2, -0.15) is 4.98 Å². The van der Waals surface area contributed by atoms with Gasteiger partial charge in [-0.15, -0.1) is 11.3 Å². The van der Waals surface area contributed by atoms with Crippen LogP contribution >= 0.6 is 11.3 Å². The van der Waals surface area contributed by atoms with Gasteiger partial charge in [0.15, 0.2) is 0 Å². The fourth-order valence-corrected chi connectivity index (χ4v) is 2.61. The number of hydrogen-bond acceptors (Lipinski definition) is 6. The smallest absolute Gasteiger partial charge is 0.222 e. The molecule has 0 saturated heterocycles. The van der Waals surface area contributed by atoms with E-state index in [0.29, 0.717) is 6.54 Å². The molecule has 2 aromatic heterocycles. The Morgan fingerprint density at radius 2 is 2.11 bits per heavy atom. The third-order valence-electron chi connectivity index (χ3n) is 2.88. The van der Waals surface area contributed by atoms with Gasteiger partial charge < -0.3 is 11.1 Å². The van der Waals surface area contributed by atoms with E-state index in [2.05, 4.69) is 20.3 Å². The van der Waals surface area contributed by atoms with Crippen molar-refractivity contribution in [2.24, 2.45) is 0 Å². The minimum absolute atomic E-state index is 0.280. The van der Waals surface area contributed by atoms with Crippen molar-refractivity contribution in [3.05, 3.63) is 40.3 Å². The molecule has 19 heavy (non-hydrogen) atoms. The number of benzene rings is 1. The van der Waals surface area contributed by atoms with Crippen LogP contribution in [0.5, 0.6) is 0 Å². The quantitative estimate of drug-likeness (QED) is 0.765. The molecule has 5 nitrogen and oxygen atoms in total. The first kappa shape index (κ1) is 11.9. The van der Waals surface area contributed by atoms with Crippen molar-refractivity contribution < 1.29 is 0 Å². The number of rotatable bonds is 3. The molecule has 0 aliphatic rings. The van der Waals surface area contributed by atoms with Crippen molar-refractivity contribution in [2.45, 2.75) is 13.5 Å². The second-order valence-corrected chi connectivity index (χ2v) is 5.10. The summed E-state index contributed by atoms with van der Waals surface area (Å²) in [7, 11) is 0. The largest absolute Gasteiger partial charge is 0.368 e. The van der Waals surface area contributed by atoms with Crippen molar-refractivity contribution in [3.63, 3.8) is 0 Å². The van der Waals surface area contributed by atoms with Gasteiger partial charge >= 0.3 is 0 Å². The SMILES string of the molecule is Cc1ncsc1CNc1nc(N)nc2ccccc12. The number of aryl methyl sites for hydroxylation is 1. The summed E-state index contributed by atoms with van der Waals surface area (Å²) in [5, 5.41) is 4.28. The number of nitrogens with zero attached hydrogens (tertiary/aromatic N) is 3. The van der Waals surface area contributed by atoms with Gasteiger partial charge in [0.1, 0.15) is 5.82 Å². The van der Waals surface area contributed by atoms with Crippen molar-refractivity contribution in [1.82, 2.24) is 15.0 Å². The number of nitrogens with two attached hydrogens (primary N) is 1. The van der Waals surface area contributed by atoms with E-state index in [9.17, 15) is 0 Å². The Morgan fingerprint density at radius 1 is 1.26 bits per heavy atom. The van der Waals surface area contributed by atoms with Gasteiger partial charge in [0.25, 0.3) is 0 Å². The zero-order valence-electron chi connectivity index (χ0n) is 10.4. The highest BCUT2D eigenvalue weighted by molar-refractivity contribution is 7.09. The summed E-state index contributed by atoms with van der Waals surface area (Å²) in [6.45, 7) is 2.69. The predicted molar refractivity (Wildman–Crippen MR) is 78.1 cm³/mol. The maximum atomic E-state index is 5.73. The summed E-state index contributed by atoms with van der Waals surface area (Å²) >= 11 is 1.63. The number of nitrogens with one attached hydrogen (secondary N) is 1. The molecule has 0 radical (unpaired) electrons. The highest BCUT2D eigenvalue weighted by Gasteiger charge is 2.07. The van der Waals surface area contributed by atoms with Crippen molar-refractivity contribution in [3.8, 4) is 0 Å². The number of aromatic nitrogens is 3. The van der Waals surface area contributed by atoms with Gasteiger partial charge in [-0.05, 0) is 19.1 Å². The fourth-order valence-electron chi connectivity index (χ4n) is 1.89. The van der Waals surface area contributed by atoms with Gasteiger partial charge in [-0.25, -0.2) is 9.97 Å². The molecule has 0 bridgehead atoms. The lowest BCUT2D eigenvalue weighted by Gasteiger charge is -2.08. The van der Waals surface area contributed by atoms with Crippen LogP contribution in [0.4, 0.5) is 11.8 Å². The molecule has 0 fully saturated rings. The van der Waals surface area contributed by atoms with Crippen LogP contribution in [-0.4, -0.2) is 15.0 Å². The third kappa shape index (κ3) is 2.34. The molecule has 0 amide bonds. The van der Waals surface area contributed by atoms with Crippen molar-refractivity contribution >= 4 is 34.0 Å². The van der Waals surface area contributed by atoms with E-state index in [-0.39, 0.29) is 5.95 Å². The van der Waals surface area contributed by atoms with E-state index >= 15 is 0 Å². The molecule has 3 rings (SSSR count). The Bertz CT molecular complexity index is 722. The molecular formula is C13H13N5S. The Morgan fingerprint density at radius 3 is 2.89 bits per heavy atom. The van der Waals surface area contributed by atoms with Crippen LogP contribution in [-0.2, 0) is 6.54 Å². The molecule has 1 aromatic carbocycles. The van der Waals surface area contributed by atoms with Crippen LogP contribution in [0.2, 0.25) is 0 Å². The van der Waals surface area contributed by atoms with Crippen LogP contribution in [0, 0.1) is 6.92 Å². The summed E-state index contributed by atoms with van der Waals surface area (Å²) in [5.74, 6) is 1.04. The lowest BCUT2D eigenvalue weighted by atomic mass is 10.2. The summed E-state index contributed by atoms with van der Waals surface area (Å²) in [4.78, 5) is 13.9. The first-order valence-electron chi connectivity index (χ1n) is 5.89. The van der Waals surface area contributed by atoms with Gasteiger partial charge in [0, 0.05) is 10.3 Å². The maximum absolute atomic E-state index is 5.73. The number of anilines is 2. The van der Waals surface area contributed by atoms with E-state index in [1.54, 1.807) is 11.3 Å². The van der Waals surface area contributed by atoms with Crippen LogP contribution in [0.1, 0.15) is 10.6 Å². The fraction of sp³-hybridized carbons (Fsp3) is 0.154. The summed E-state index contributed by atoms with van der Waals surface area (Å²) in [6, 6.07) is 7.81. The monoisotopic (exact) mass is 271 g/mol. The third-order valence-corrected chi connectivity index (χ3v) is 3.82. The molecule has 3 aromatic rings. The molecule has 0 saturated carbocycles. The molecule has 0 unspecified atom stereocenters. The summed E-state index contributed by atoms with van der Waals surface area (Å²) < 4.78 is 0. The van der Waals surface area contributed by atoms with E-state index < -0.39 is 0 Å². The minimum Gasteiger partial charge on any atom is -0.368 e. The van der Waals surface area contributed by atoms with Crippen molar-refractivity contribution in [1.29, 1.82) is 0 Å². The molecule has 0 aliphatic carbocycles. The van der Waals surface area contributed by atoms with E-state index in [1.807, 2.05) is 36.7 Å². The van der Waals surface area contributed by atoms with Gasteiger partial charge in [-0.3, -0.25) is 0 Å². The first-order chi connectivity index (χ1) is 9.24. The van der Waals surface area contributed by atoms with E-state index in [4.69, 9.17) is 5.73 Å². The van der Waals surface area contributed by atoms with Crippen LogP contribution in [0.25, 0.3) is 10.9 Å². The highest BCUT2D eigenvalue weighted by atomic mass is 32.1. The Balaban J connectivity index is 1.94. The number of nitrogen functional groups attached to an aromatic ring is 1. The average molecular weight is 271 g/mol. The standard InChI is InChI=1S/C13H13N5S/c1-8-11(19-7-16-8)6-15-12-9-4-2-3-5-10(9)17-13(14)18-12/h2-5,7H,6H2,1H3,(H3,14,15,17,18). The molecule has 0 aliphatic heterocycles. The van der Waals surface area contributed by atoms with Gasteiger partial charge in [0.2, 0.25) is 5.95 Å². The molecule has 3 N–H and O–H groups in total. The first-order valence-corrected chi connectivity index (χ1v) is 6.77. The topological polar surface area (TPSA) is 76.7 Å². The minimum atomic E-state index is 0.280. The van der Waals surface area contributed by atoms with Gasteiger partial charge in [0.05, 0.1) is 23.3 Å². The number of hydrogen-bond donors (Lipinski definition) is 2. The van der Waals surface area contributed by atoms with Crippen LogP contribution in [0.3, 0.4) is 0 Å². The Labute approximate surface area is 114 Å². The molecule has 96 valence electrons. The second kappa shape index (κ2) is 4.81. The Kier molecular flexibility index (Phi) is 3.00. The molecule has 2 heterocycles. The zero-order chi connectivity index (χ0) is 13.2. The van der Waals surface area contributed by atoms with Crippen LogP contribution < -0.4 is 11.1 Å². The molecule has 6 heteroatoms. The highest BCUT2D eigenvalue weighted by Crippen LogP contribution is 2.22. The molecular weight excluding hydrogens is 258 g/mol. The summed E-state index contributed by atoms with van der Waals surface area (Å²) in [6.07, 6.45) is 0. The second-order valence-electron chi connectivity index (χ2n) is 4.16. The van der Waals surface area contributed by atoms with Gasteiger partial charge in [-0.1, -0.05) is 12.1 Å². The molecule has 0 spiro atoms. The maximum Gasteiger partial charge on any atom is 0.222 e. The normalized spacial score (nSPS) is 10.8. The van der Waals surface area contributed by atoms with Crippen LogP contribution in [0.15, 0.2) is 29.8 Å².